The van der Waals surface area contributed by atoms with E-state index in [9.17, 15) is 0 Å². The summed E-state index contributed by atoms with van der Waals surface area (Å²) in [5.41, 5.74) is 4.26. The molecule has 1 saturated heterocycles. The maximum atomic E-state index is 5.24. The van der Waals surface area contributed by atoms with Crippen LogP contribution >= 0.6 is 0 Å². The van der Waals surface area contributed by atoms with Crippen LogP contribution in [-0.2, 0) is 4.74 Å². The Labute approximate surface area is 86.1 Å². The minimum atomic E-state index is 0.643. The number of rotatable bonds is 2. The lowest BCUT2D eigenvalue weighted by molar-refractivity contribution is -0.0424. The second-order valence-electron chi connectivity index (χ2n) is 4.45. The standard InChI is InChI=1S/C13H18O/c1-9-4-5-13(10(2)6-9)11(3)12-7-14-8-12/h4-6,11-12H,7-8H2,1-3H3/t11-/m1/s1. The van der Waals surface area contributed by atoms with Crippen molar-refractivity contribution in [3.05, 3.63) is 34.9 Å². The van der Waals surface area contributed by atoms with Crippen LogP contribution in [0, 0.1) is 19.8 Å². The molecular formula is C13H18O. The van der Waals surface area contributed by atoms with Gasteiger partial charge in [0.2, 0.25) is 0 Å². The van der Waals surface area contributed by atoms with Crippen LogP contribution in [0.4, 0.5) is 0 Å². The quantitative estimate of drug-likeness (QED) is 0.696. The number of aryl methyl sites for hydroxylation is 2. The third kappa shape index (κ3) is 1.69. The molecule has 0 unspecified atom stereocenters. The van der Waals surface area contributed by atoms with Crippen LogP contribution in [0.25, 0.3) is 0 Å². The fourth-order valence-electron chi connectivity index (χ4n) is 2.13. The van der Waals surface area contributed by atoms with E-state index in [1.807, 2.05) is 0 Å². The summed E-state index contributed by atoms with van der Waals surface area (Å²) in [7, 11) is 0. The smallest absolute Gasteiger partial charge is 0.0522 e. The summed E-state index contributed by atoms with van der Waals surface area (Å²) in [4.78, 5) is 0. The van der Waals surface area contributed by atoms with Gasteiger partial charge >= 0.3 is 0 Å². The molecule has 2 rings (SSSR count). The van der Waals surface area contributed by atoms with E-state index in [0.717, 1.165) is 19.1 Å². The molecule has 1 aliphatic heterocycles. The highest BCUT2D eigenvalue weighted by Gasteiger charge is 2.26. The van der Waals surface area contributed by atoms with Crippen molar-refractivity contribution < 1.29 is 4.74 Å². The van der Waals surface area contributed by atoms with Crippen LogP contribution in [0.5, 0.6) is 0 Å². The van der Waals surface area contributed by atoms with E-state index < -0.39 is 0 Å². The SMILES string of the molecule is Cc1ccc([C@H](C)C2COC2)c(C)c1. The van der Waals surface area contributed by atoms with Crippen molar-refractivity contribution >= 4 is 0 Å². The molecule has 1 aromatic rings. The van der Waals surface area contributed by atoms with E-state index in [1.165, 1.54) is 16.7 Å². The molecule has 1 nitrogen and oxygen atoms in total. The summed E-state index contributed by atoms with van der Waals surface area (Å²) in [5.74, 6) is 1.38. The van der Waals surface area contributed by atoms with E-state index in [-0.39, 0.29) is 0 Å². The van der Waals surface area contributed by atoms with Crippen LogP contribution < -0.4 is 0 Å². The zero-order valence-corrected chi connectivity index (χ0v) is 9.21. The number of hydrogen-bond acceptors (Lipinski definition) is 1. The van der Waals surface area contributed by atoms with E-state index in [4.69, 9.17) is 4.74 Å². The Morgan fingerprint density at radius 2 is 2.00 bits per heavy atom. The zero-order valence-electron chi connectivity index (χ0n) is 9.21. The maximum absolute atomic E-state index is 5.24. The fraction of sp³-hybridized carbons (Fsp3) is 0.538. The summed E-state index contributed by atoms with van der Waals surface area (Å²) in [5, 5.41) is 0. The van der Waals surface area contributed by atoms with Gasteiger partial charge in [-0.1, -0.05) is 30.7 Å². The van der Waals surface area contributed by atoms with Gasteiger partial charge in [-0.25, -0.2) is 0 Å². The Morgan fingerprint density at radius 3 is 2.50 bits per heavy atom. The van der Waals surface area contributed by atoms with Gasteiger partial charge in [-0.3, -0.25) is 0 Å². The van der Waals surface area contributed by atoms with Gasteiger partial charge in [-0.15, -0.1) is 0 Å². The van der Waals surface area contributed by atoms with Crippen LogP contribution in [0.15, 0.2) is 18.2 Å². The molecule has 1 fully saturated rings. The summed E-state index contributed by atoms with van der Waals surface area (Å²) in [6.07, 6.45) is 0. The third-order valence-corrected chi connectivity index (χ3v) is 3.29. The summed E-state index contributed by atoms with van der Waals surface area (Å²) in [6.45, 7) is 8.54. The van der Waals surface area contributed by atoms with Crippen molar-refractivity contribution in [2.45, 2.75) is 26.7 Å². The zero-order chi connectivity index (χ0) is 10.1. The Morgan fingerprint density at radius 1 is 1.29 bits per heavy atom. The van der Waals surface area contributed by atoms with Crippen LogP contribution in [-0.4, -0.2) is 13.2 Å². The first-order valence-corrected chi connectivity index (χ1v) is 5.33. The van der Waals surface area contributed by atoms with Gasteiger partial charge in [-0.2, -0.15) is 0 Å². The summed E-state index contributed by atoms with van der Waals surface area (Å²) >= 11 is 0. The van der Waals surface area contributed by atoms with Gasteiger partial charge in [-0.05, 0) is 30.9 Å². The molecule has 14 heavy (non-hydrogen) atoms. The van der Waals surface area contributed by atoms with Crippen molar-refractivity contribution in [3.8, 4) is 0 Å². The Kier molecular flexibility index (Phi) is 2.60. The Balaban J connectivity index is 2.22. The second kappa shape index (κ2) is 3.74. The minimum Gasteiger partial charge on any atom is -0.381 e. The van der Waals surface area contributed by atoms with Crippen LogP contribution in [0.1, 0.15) is 29.5 Å². The molecule has 0 radical (unpaired) electrons. The summed E-state index contributed by atoms with van der Waals surface area (Å²) < 4.78 is 5.24. The van der Waals surface area contributed by atoms with Crippen LogP contribution in [0.3, 0.4) is 0 Å². The molecule has 1 atom stereocenters. The van der Waals surface area contributed by atoms with Gasteiger partial charge in [0.1, 0.15) is 0 Å². The lowest BCUT2D eigenvalue weighted by Gasteiger charge is -2.32. The predicted octanol–water partition coefficient (Wildman–Crippen LogP) is 3.05. The fourth-order valence-corrected chi connectivity index (χ4v) is 2.13. The number of ether oxygens (including phenoxy) is 1. The second-order valence-corrected chi connectivity index (χ2v) is 4.45. The lowest BCUT2D eigenvalue weighted by Crippen LogP contribution is -2.32. The molecular weight excluding hydrogens is 172 g/mol. The van der Waals surface area contributed by atoms with E-state index in [1.54, 1.807) is 0 Å². The van der Waals surface area contributed by atoms with Gasteiger partial charge in [0.05, 0.1) is 13.2 Å². The normalized spacial score (nSPS) is 19.1. The van der Waals surface area contributed by atoms with Gasteiger partial charge < -0.3 is 4.74 Å². The molecule has 1 heteroatoms. The predicted molar refractivity (Wildman–Crippen MR) is 58.6 cm³/mol. The molecule has 0 spiro atoms. The van der Waals surface area contributed by atoms with Crippen molar-refractivity contribution in [1.29, 1.82) is 0 Å². The minimum absolute atomic E-state index is 0.643. The largest absolute Gasteiger partial charge is 0.381 e. The number of benzene rings is 1. The average molecular weight is 190 g/mol. The monoisotopic (exact) mass is 190 g/mol. The topological polar surface area (TPSA) is 9.23 Å². The summed E-state index contributed by atoms with van der Waals surface area (Å²) in [6, 6.07) is 6.75. The van der Waals surface area contributed by atoms with E-state index in [0.29, 0.717) is 5.92 Å². The third-order valence-electron chi connectivity index (χ3n) is 3.29. The lowest BCUT2D eigenvalue weighted by atomic mass is 9.84. The van der Waals surface area contributed by atoms with Crippen molar-refractivity contribution in [3.63, 3.8) is 0 Å². The molecule has 0 N–H and O–H groups in total. The Bertz CT molecular complexity index is 326. The molecule has 0 aliphatic carbocycles. The molecule has 0 saturated carbocycles. The highest BCUT2D eigenvalue weighted by molar-refractivity contribution is 5.33. The molecule has 0 aromatic heterocycles. The van der Waals surface area contributed by atoms with Crippen molar-refractivity contribution in [2.24, 2.45) is 5.92 Å². The van der Waals surface area contributed by atoms with Gasteiger partial charge in [0, 0.05) is 5.92 Å². The molecule has 0 amide bonds. The maximum Gasteiger partial charge on any atom is 0.0522 e. The first kappa shape index (κ1) is 9.72. The van der Waals surface area contributed by atoms with E-state index >= 15 is 0 Å². The average Bonchev–Trinajstić information content (AvgIpc) is 2.00. The first-order chi connectivity index (χ1) is 6.68. The van der Waals surface area contributed by atoms with Crippen LogP contribution in [0.2, 0.25) is 0 Å². The molecule has 0 bridgehead atoms. The molecule has 1 aliphatic rings. The highest BCUT2D eigenvalue weighted by atomic mass is 16.5. The van der Waals surface area contributed by atoms with Crippen molar-refractivity contribution in [2.75, 3.05) is 13.2 Å². The van der Waals surface area contributed by atoms with Crippen molar-refractivity contribution in [1.82, 2.24) is 0 Å². The van der Waals surface area contributed by atoms with E-state index in [2.05, 4.69) is 39.0 Å². The van der Waals surface area contributed by atoms with Gasteiger partial charge in [0.25, 0.3) is 0 Å². The molecule has 76 valence electrons. The van der Waals surface area contributed by atoms with Gasteiger partial charge in [0.15, 0.2) is 0 Å². The first-order valence-electron chi connectivity index (χ1n) is 5.33. The molecule has 1 aromatic carbocycles. The molecule has 1 heterocycles. The Hall–Kier alpha value is -0.820. The highest BCUT2D eigenvalue weighted by Crippen LogP contribution is 2.31. The number of hydrogen-bond donors (Lipinski definition) is 0.